The van der Waals surface area contributed by atoms with Crippen LogP contribution in [0.4, 0.5) is 0 Å². The molecule has 0 aliphatic carbocycles. The molecule has 1 fully saturated rings. The average molecular weight is 387 g/mol. The molecule has 0 radical (unpaired) electrons. The highest BCUT2D eigenvalue weighted by Crippen LogP contribution is 2.17. The van der Waals surface area contributed by atoms with Gasteiger partial charge in [-0.15, -0.1) is 0 Å². The maximum atomic E-state index is 12.4. The van der Waals surface area contributed by atoms with Crippen LogP contribution in [0.2, 0.25) is 0 Å². The van der Waals surface area contributed by atoms with E-state index < -0.39 is 0 Å². The van der Waals surface area contributed by atoms with Gasteiger partial charge in [-0.1, -0.05) is 30.0 Å². The van der Waals surface area contributed by atoms with Crippen molar-refractivity contribution in [2.45, 2.75) is 30.1 Å². The third-order valence-corrected chi connectivity index (χ3v) is 5.65. The van der Waals surface area contributed by atoms with E-state index in [0.29, 0.717) is 5.56 Å². The molecule has 3 rings (SSSR count). The summed E-state index contributed by atoms with van der Waals surface area (Å²) in [5.41, 5.74) is 0.690. The molecule has 1 N–H and O–H groups in total. The number of carbonyl (C=O) groups excluding carboxylic acids is 1. The fraction of sp³-hybridized carbons (Fsp3) is 0.450. The molecule has 7 heteroatoms. The number of nitrogens with one attached hydrogen (secondary N) is 1. The molecule has 0 spiro atoms. The topological polar surface area (TPSA) is 67.3 Å². The number of benzene rings is 1. The molecule has 144 valence electrons. The van der Waals surface area contributed by atoms with Gasteiger partial charge in [0.25, 0.3) is 5.91 Å². The van der Waals surface area contributed by atoms with Crippen LogP contribution in [-0.2, 0) is 4.74 Å². The van der Waals surface area contributed by atoms with Gasteiger partial charge in [0.2, 0.25) is 0 Å². The van der Waals surface area contributed by atoms with Crippen molar-refractivity contribution in [3.05, 3.63) is 54.4 Å². The number of piperidine rings is 1. The summed E-state index contributed by atoms with van der Waals surface area (Å²) in [5.74, 6) is 0.960. The van der Waals surface area contributed by atoms with Crippen molar-refractivity contribution in [1.82, 2.24) is 20.2 Å². The number of rotatable bonds is 8. The van der Waals surface area contributed by atoms with Crippen LogP contribution in [0, 0.1) is 0 Å². The number of hydrogen-bond donors (Lipinski definition) is 1. The number of nitrogens with zero attached hydrogens (tertiary/aromatic N) is 3. The first kappa shape index (κ1) is 19.8. The summed E-state index contributed by atoms with van der Waals surface area (Å²) in [6, 6.07) is 11.2. The number of ether oxygens (including phenoxy) is 1. The van der Waals surface area contributed by atoms with E-state index >= 15 is 0 Å². The minimum absolute atomic E-state index is 0.0107. The summed E-state index contributed by atoms with van der Waals surface area (Å²) in [4.78, 5) is 23.3. The molecule has 1 saturated heterocycles. The third-order valence-electron chi connectivity index (χ3n) is 4.69. The Labute approximate surface area is 164 Å². The van der Waals surface area contributed by atoms with Crippen LogP contribution in [0.15, 0.2) is 53.9 Å². The first-order valence-corrected chi connectivity index (χ1v) is 10.3. The van der Waals surface area contributed by atoms with Gasteiger partial charge in [-0.05, 0) is 37.6 Å². The predicted octanol–water partition coefficient (Wildman–Crippen LogP) is 2.48. The third kappa shape index (κ3) is 6.02. The molecule has 2 unspecified atom stereocenters. The van der Waals surface area contributed by atoms with Crippen molar-refractivity contribution in [2.75, 3.05) is 32.5 Å². The standard InChI is InChI=1S/C20H26N4O2S/c1-26-18-15-24(12-6-14-27-20-21-10-5-11-22-20)13-9-17(18)23-19(25)16-7-3-2-4-8-16/h2-5,7-8,10-11,17-18H,6,9,12-15H2,1H3,(H,23,25). The Balaban J connectivity index is 1.41. The van der Waals surface area contributed by atoms with E-state index in [1.807, 2.05) is 36.4 Å². The number of thioether (sulfide) groups is 1. The van der Waals surface area contributed by atoms with Crippen molar-refractivity contribution >= 4 is 17.7 Å². The molecular formula is C20H26N4O2S. The Morgan fingerprint density at radius 1 is 1.26 bits per heavy atom. The lowest BCUT2D eigenvalue weighted by atomic mass is 10.0. The summed E-state index contributed by atoms with van der Waals surface area (Å²) in [6.45, 7) is 2.81. The van der Waals surface area contributed by atoms with Gasteiger partial charge in [0.05, 0.1) is 12.1 Å². The van der Waals surface area contributed by atoms with E-state index in [4.69, 9.17) is 4.74 Å². The van der Waals surface area contributed by atoms with Crippen LogP contribution >= 0.6 is 11.8 Å². The lowest BCUT2D eigenvalue weighted by molar-refractivity contribution is 0.00658. The lowest BCUT2D eigenvalue weighted by Crippen LogP contribution is -2.54. The van der Waals surface area contributed by atoms with Gasteiger partial charge in [0.15, 0.2) is 5.16 Å². The Hall–Kier alpha value is -1.96. The summed E-state index contributed by atoms with van der Waals surface area (Å²) in [6.07, 6.45) is 5.52. The van der Waals surface area contributed by atoms with Gasteiger partial charge in [-0.3, -0.25) is 4.79 Å². The fourth-order valence-electron chi connectivity index (χ4n) is 3.24. The number of likely N-dealkylation sites (tertiary alicyclic amines) is 1. The SMILES string of the molecule is COC1CN(CCCSc2ncccn2)CCC1NC(=O)c1ccccc1. The van der Waals surface area contributed by atoms with Crippen molar-refractivity contribution in [3.63, 3.8) is 0 Å². The summed E-state index contributed by atoms with van der Waals surface area (Å²) in [5, 5.41) is 3.96. The highest BCUT2D eigenvalue weighted by Gasteiger charge is 2.30. The fourth-order valence-corrected chi connectivity index (χ4v) is 3.97. The summed E-state index contributed by atoms with van der Waals surface area (Å²) >= 11 is 1.68. The molecule has 6 nitrogen and oxygen atoms in total. The highest BCUT2D eigenvalue weighted by atomic mass is 32.2. The maximum absolute atomic E-state index is 12.4. The zero-order valence-electron chi connectivity index (χ0n) is 15.6. The number of aromatic nitrogens is 2. The quantitative estimate of drug-likeness (QED) is 0.427. The van der Waals surface area contributed by atoms with E-state index in [1.54, 1.807) is 31.3 Å². The van der Waals surface area contributed by atoms with E-state index in [0.717, 1.165) is 43.4 Å². The van der Waals surface area contributed by atoms with E-state index in [-0.39, 0.29) is 18.1 Å². The van der Waals surface area contributed by atoms with Gasteiger partial charge < -0.3 is 15.0 Å². The average Bonchev–Trinajstić information content (AvgIpc) is 2.73. The van der Waals surface area contributed by atoms with Gasteiger partial charge in [-0.25, -0.2) is 9.97 Å². The minimum Gasteiger partial charge on any atom is -0.378 e. The minimum atomic E-state index is -0.0321. The van der Waals surface area contributed by atoms with Crippen molar-refractivity contribution in [3.8, 4) is 0 Å². The number of hydrogen-bond acceptors (Lipinski definition) is 6. The van der Waals surface area contributed by atoms with Gasteiger partial charge in [0, 0.05) is 43.9 Å². The van der Waals surface area contributed by atoms with Crippen LogP contribution in [0.25, 0.3) is 0 Å². The number of methoxy groups -OCH3 is 1. The van der Waals surface area contributed by atoms with Gasteiger partial charge >= 0.3 is 0 Å². The molecule has 27 heavy (non-hydrogen) atoms. The molecule has 1 aliphatic rings. The second kappa shape index (κ2) is 10.4. The molecular weight excluding hydrogens is 360 g/mol. The molecule has 1 aromatic heterocycles. The van der Waals surface area contributed by atoms with Crippen molar-refractivity contribution < 1.29 is 9.53 Å². The monoisotopic (exact) mass is 386 g/mol. The molecule has 0 saturated carbocycles. The van der Waals surface area contributed by atoms with Crippen LogP contribution in [-0.4, -0.2) is 65.4 Å². The van der Waals surface area contributed by atoms with E-state index in [9.17, 15) is 4.79 Å². The van der Waals surface area contributed by atoms with Gasteiger partial charge in [-0.2, -0.15) is 0 Å². The Bertz CT molecular complexity index is 702. The maximum Gasteiger partial charge on any atom is 0.251 e. The number of amides is 1. The molecule has 1 aliphatic heterocycles. The second-order valence-electron chi connectivity index (χ2n) is 6.54. The molecule has 1 aromatic carbocycles. The Kier molecular flexibility index (Phi) is 7.62. The van der Waals surface area contributed by atoms with E-state index in [2.05, 4.69) is 20.2 Å². The summed E-state index contributed by atoms with van der Waals surface area (Å²) in [7, 11) is 1.72. The lowest BCUT2D eigenvalue weighted by Gasteiger charge is -2.38. The smallest absolute Gasteiger partial charge is 0.251 e. The highest BCUT2D eigenvalue weighted by molar-refractivity contribution is 7.99. The zero-order chi connectivity index (χ0) is 18.9. The molecule has 1 amide bonds. The van der Waals surface area contributed by atoms with Crippen LogP contribution in [0.3, 0.4) is 0 Å². The second-order valence-corrected chi connectivity index (χ2v) is 7.60. The Morgan fingerprint density at radius 2 is 2.04 bits per heavy atom. The van der Waals surface area contributed by atoms with Crippen molar-refractivity contribution in [2.24, 2.45) is 0 Å². The first-order chi connectivity index (χ1) is 13.3. The van der Waals surface area contributed by atoms with Crippen LogP contribution in [0.1, 0.15) is 23.2 Å². The van der Waals surface area contributed by atoms with Crippen LogP contribution < -0.4 is 5.32 Å². The van der Waals surface area contributed by atoms with Crippen molar-refractivity contribution in [1.29, 1.82) is 0 Å². The molecule has 0 bridgehead atoms. The van der Waals surface area contributed by atoms with Crippen LogP contribution in [0.5, 0.6) is 0 Å². The summed E-state index contributed by atoms with van der Waals surface area (Å²) < 4.78 is 5.66. The normalized spacial score (nSPS) is 20.3. The van der Waals surface area contributed by atoms with E-state index in [1.165, 1.54) is 0 Å². The first-order valence-electron chi connectivity index (χ1n) is 9.27. The molecule has 2 atom stereocenters. The number of carbonyl (C=O) groups is 1. The predicted molar refractivity (Wildman–Crippen MR) is 107 cm³/mol. The molecule has 2 heterocycles. The molecule has 2 aromatic rings. The zero-order valence-corrected chi connectivity index (χ0v) is 16.4. The Morgan fingerprint density at radius 3 is 2.78 bits per heavy atom. The van der Waals surface area contributed by atoms with Gasteiger partial charge in [0.1, 0.15) is 0 Å². The largest absolute Gasteiger partial charge is 0.378 e.